The second kappa shape index (κ2) is 3.64. The fourth-order valence-electron chi connectivity index (χ4n) is 0.0962. The molecule has 2 nitrogen and oxygen atoms in total. The summed E-state index contributed by atoms with van der Waals surface area (Å²) >= 11 is 0.757. The van der Waals surface area contributed by atoms with Crippen LogP contribution in [0.5, 0.6) is 0 Å². The zero-order valence-electron chi connectivity index (χ0n) is 4.39. The second-order valence-electron chi connectivity index (χ2n) is 1.04. The summed E-state index contributed by atoms with van der Waals surface area (Å²) in [6.45, 7) is 1.87. The molecule has 0 rings (SSSR count). The molecular weight excluding hydrogens is 95.0 g/mol. The molecule has 0 spiro atoms. The molecule has 0 aromatic rings. The van der Waals surface area contributed by atoms with Crippen molar-refractivity contribution in [3.05, 3.63) is 0 Å². The van der Waals surface area contributed by atoms with Gasteiger partial charge in [-0.05, 0) is 6.92 Å². The highest BCUT2D eigenvalue weighted by Crippen LogP contribution is 1.82. The lowest BCUT2D eigenvalue weighted by Gasteiger charge is -2.05. The lowest BCUT2D eigenvalue weighted by Crippen LogP contribution is -2.06. The van der Waals surface area contributed by atoms with Crippen molar-refractivity contribution in [2.75, 3.05) is 7.11 Å². The summed E-state index contributed by atoms with van der Waals surface area (Å²) in [5.74, 6) is 0. The summed E-state index contributed by atoms with van der Waals surface area (Å²) in [6.07, 6.45) is -0.00309. The summed E-state index contributed by atoms with van der Waals surface area (Å²) in [4.78, 5) is 0. The highest BCUT2D eigenvalue weighted by molar-refractivity contribution is 5.98. The van der Waals surface area contributed by atoms with Gasteiger partial charge in [-0.25, -0.2) is 0 Å². The Morgan fingerprint density at radius 1 is 1.83 bits per heavy atom. The van der Waals surface area contributed by atoms with Crippen molar-refractivity contribution < 1.29 is 9.95 Å². The number of rotatable bonds is 2. The topological polar surface area (TPSA) is 18.5 Å². The molecule has 0 aliphatic rings. The van der Waals surface area contributed by atoms with Crippen molar-refractivity contribution in [2.24, 2.45) is 0 Å². The smallest absolute Gasteiger partial charge is 0.413 e. The molecule has 0 aliphatic carbocycles. The maximum atomic E-state index is 4.82. The monoisotopic (exact) mass is 106 g/mol. The Hall–Kier alpha value is 0.452. The summed E-state index contributed by atoms with van der Waals surface area (Å²) in [5.41, 5.74) is 0. The van der Waals surface area contributed by atoms with E-state index in [4.69, 9.17) is 8.53 Å². The standard InChI is InChI=1S/C3H7O2.Al.H2.2H/c1-3(4)5-2;;;;/h3H,1-2H3;;1H;;/q-1;+1;;;. The average Bonchev–Trinajstić information content (AvgIpc) is 1.65. The number of hydrogen-bond acceptors (Lipinski definition) is 2. The van der Waals surface area contributed by atoms with Gasteiger partial charge in [0.25, 0.3) is 0 Å². The first kappa shape index (κ1) is 6.45. The normalized spacial score (nSPS) is 14.3. The first-order valence-electron chi connectivity index (χ1n) is 1.87. The SMILES string of the molecule is COC(C)[O][AlH2].[HH]. The van der Waals surface area contributed by atoms with Gasteiger partial charge < -0.3 is 8.53 Å². The second-order valence-corrected chi connectivity index (χ2v) is 1.51. The van der Waals surface area contributed by atoms with E-state index in [0.717, 1.165) is 16.6 Å². The predicted octanol–water partition coefficient (Wildman–Crippen LogP) is -0.211. The highest BCUT2D eigenvalue weighted by atomic mass is 27.1. The third-order valence-electron chi connectivity index (χ3n) is 0.664. The molecule has 0 aromatic carbocycles. The molecule has 0 aromatic heterocycles. The van der Waals surface area contributed by atoms with Crippen LogP contribution in [0.1, 0.15) is 8.35 Å². The lowest BCUT2D eigenvalue weighted by molar-refractivity contribution is -0.0334. The number of methoxy groups -OCH3 is 1. The number of hydrogen-bond donors (Lipinski definition) is 0. The van der Waals surface area contributed by atoms with E-state index in [1.54, 1.807) is 7.11 Å². The molecule has 0 fully saturated rings. The molecule has 0 aliphatic heterocycles. The van der Waals surface area contributed by atoms with Gasteiger partial charge in [0.15, 0.2) is 0 Å². The Bertz CT molecular complexity index is 32.1. The maximum absolute atomic E-state index is 4.82. The van der Waals surface area contributed by atoms with E-state index in [2.05, 4.69) is 0 Å². The Balaban J connectivity index is 0. The molecule has 6 heavy (non-hydrogen) atoms. The van der Waals surface area contributed by atoms with E-state index in [0.29, 0.717) is 0 Å². The molecule has 38 valence electrons. The van der Waals surface area contributed by atoms with Crippen molar-refractivity contribution in [3.63, 3.8) is 0 Å². The maximum Gasteiger partial charge on any atom is 0.413 e. The van der Waals surface area contributed by atoms with Crippen molar-refractivity contribution in [1.82, 2.24) is 0 Å². The Morgan fingerprint density at radius 2 is 2.33 bits per heavy atom. The summed E-state index contributed by atoms with van der Waals surface area (Å²) in [6, 6.07) is 0. The van der Waals surface area contributed by atoms with Gasteiger partial charge in [0.2, 0.25) is 0 Å². The molecule has 1 unspecified atom stereocenters. The molecule has 0 N–H and O–H groups in total. The van der Waals surface area contributed by atoms with Crippen LogP contribution in [0.15, 0.2) is 0 Å². The van der Waals surface area contributed by atoms with Crippen LogP contribution in [0.2, 0.25) is 0 Å². The summed E-state index contributed by atoms with van der Waals surface area (Å²) in [7, 11) is 1.63. The van der Waals surface area contributed by atoms with E-state index in [-0.39, 0.29) is 7.72 Å². The zero-order chi connectivity index (χ0) is 4.99. The Labute approximate surface area is 47.7 Å². The van der Waals surface area contributed by atoms with Crippen LogP contribution in [0.25, 0.3) is 0 Å². The van der Waals surface area contributed by atoms with Gasteiger partial charge in [0.1, 0.15) is 6.29 Å². The molecule has 0 saturated carbocycles. The van der Waals surface area contributed by atoms with Crippen LogP contribution in [0.3, 0.4) is 0 Å². The minimum absolute atomic E-state index is 0. The molecule has 0 amide bonds. The van der Waals surface area contributed by atoms with Crippen molar-refractivity contribution in [1.29, 1.82) is 0 Å². The van der Waals surface area contributed by atoms with E-state index >= 15 is 0 Å². The third-order valence-corrected chi connectivity index (χ3v) is 1.33. The molecule has 0 heterocycles. The summed E-state index contributed by atoms with van der Waals surface area (Å²) < 4.78 is 9.53. The van der Waals surface area contributed by atoms with Crippen LogP contribution in [0, 0.1) is 0 Å². The molecule has 1 atom stereocenters. The van der Waals surface area contributed by atoms with Crippen LogP contribution in [-0.4, -0.2) is 30.0 Å². The lowest BCUT2D eigenvalue weighted by atomic mass is 10.8. The molecule has 3 heteroatoms. The van der Waals surface area contributed by atoms with Gasteiger partial charge >= 0.3 is 16.6 Å². The van der Waals surface area contributed by atoms with E-state index in [1.165, 1.54) is 0 Å². The Kier molecular flexibility index (Phi) is 3.91. The molecule has 0 bridgehead atoms. The van der Waals surface area contributed by atoms with Gasteiger partial charge in [-0.15, -0.1) is 0 Å². The van der Waals surface area contributed by atoms with Gasteiger partial charge in [-0.2, -0.15) is 0 Å². The largest absolute Gasteiger partial charge is 0.484 e. The number of ether oxygens (including phenoxy) is 1. The van der Waals surface area contributed by atoms with Crippen molar-refractivity contribution >= 4 is 16.6 Å². The van der Waals surface area contributed by atoms with Crippen molar-refractivity contribution in [3.8, 4) is 0 Å². The van der Waals surface area contributed by atoms with E-state index in [9.17, 15) is 0 Å². The highest BCUT2D eigenvalue weighted by Gasteiger charge is 1.86. The quantitative estimate of drug-likeness (QED) is 0.358. The van der Waals surface area contributed by atoms with Crippen LogP contribution < -0.4 is 0 Å². The van der Waals surface area contributed by atoms with Gasteiger partial charge in [0, 0.05) is 8.54 Å². The molecule has 0 radical (unpaired) electrons. The fourth-order valence-corrected chi connectivity index (χ4v) is 0.289. The predicted molar refractivity (Wildman–Crippen MR) is 28.2 cm³/mol. The third kappa shape index (κ3) is 2.68. The fraction of sp³-hybridized carbons (Fsp3) is 1.00. The van der Waals surface area contributed by atoms with E-state index < -0.39 is 0 Å². The van der Waals surface area contributed by atoms with Crippen LogP contribution in [-0.2, 0) is 8.53 Å². The minimum atomic E-state index is -0.00309. The van der Waals surface area contributed by atoms with Crippen LogP contribution >= 0.6 is 0 Å². The van der Waals surface area contributed by atoms with Crippen LogP contribution in [0.4, 0.5) is 0 Å². The molecular formula is C3H11AlO2. The Morgan fingerprint density at radius 3 is 2.33 bits per heavy atom. The first-order valence-corrected chi connectivity index (χ1v) is 2.68. The van der Waals surface area contributed by atoms with Gasteiger partial charge in [0.05, 0.1) is 0 Å². The summed E-state index contributed by atoms with van der Waals surface area (Å²) in [5, 5.41) is 0. The zero-order valence-corrected chi connectivity index (χ0v) is 6.39. The first-order chi connectivity index (χ1) is 2.81. The van der Waals surface area contributed by atoms with Gasteiger partial charge in [-0.1, -0.05) is 0 Å². The molecule has 0 saturated heterocycles. The minimum Gasteiger partial charge on any atom is -0.484 e. The average molecular weight is 106 g/mol. The van der Waals surface area contributed by atoms with Crippen molar-refractivity contribution in [2.45, 2.75) is 13.2 Å². The van der Waals surface area contributed by atoms with E-state index in [1.807, 2.05) is 6.92 Å². The van der Waals surface area contributed by atoms with Gasteiger partial charge in [-0.3, -0.25) is 0 Å².